The van der Waals surface area contributed by atoms with Gasteiger partial charge in [-0.15, -0.1) is 0 Å². The first-order chi connectivity index (χ1) is 8.89. The summed E-state index contributed by atoms with van der Waals surface area (Å²) in [6, 6.07) is -0.135. The summed E-state index contributed by atoms with van der Waals surface area (Å²) in [6.45, 7) is 4.50. The molecule has 1 aliphatic rings. The second-order valence-corrected chi connectivity index (χ2v) is 5.46. The largest absolute Gasteiger partial charge is 0.401 e. The number of alkyl halides is 3. The fourth-order valence-electron chi connectivity index (χ4n) is 2.15. The van der Waals surface area contributed by atoms with Crippen molar-refractivity contribution in [2.24, 2.45) is 0 Å². The van der Waals surface area contributed by atoms with Crippen LogP contribution in [0.1, 0.15) is 19.7 Å². The molecule has 1 atom stereocenters. The Morgan fingerprint density at radius 3 is 2.63 bits per heavy atom. The van der Waals surface area contributed by atoms with E-state index in [9.17, 15) is 13.2 Å². The molecule has 8 heteroatoms. The molecule has 1 aromatic rings. The number of piperazine rings is 1. The molecule has 4 nitrogen and oxygen atoms in total. The number of anilines is 1. The van der Waals surface area contributed by atoms with E-state index in [0.29, 0.717) is 19.6 Å². The van der Waals surface area contributed by atoms with Gasteiger partial charge in [-0.25, -0.2) is 4.98 Å². The van der Waals surface area contributed by atoms with E-state index in [-0.39, 0.29) is 6.04 Å². The van der Waals surface area contributed by atoms with Gasteiger partial charge in [-0.1, -0.05) is 6.92 Å². The third-order valence-corrected chi connectivity index (χ3v) is 4.01. The zero-order valence-corrected chi connectivity index (χ0v) is 11.8. The molecule has 0 N–H and O–H groups in total. The normalized spacial score (nSPS) is 21.9. The number of halogens is 3. The quantitative estimate of drug-likeness (QED) is 0.855. The summed E-state index contributed by atoms with van der Waals surface area (Å²) < 4.78 is 41.4. The van der Waals surface area contributed by atoms with Crippen LogP contribution in [0, 0.1) is 0 Å². The van der Waals surface area contributed by atoms with Crippen molar-refractivity contribution in [1.29, 1.82) is 0 Å². The maximum absolute atomic E-state index is 12.4. The molecule has 0 aromatic carbocycles. The molecule has 1 aliphatic heterocycles. The maximum Gasteiger partial charge on any atom is 0.401 e. The number of rotatable bonds is 3. The second-order valence-electron chi connectivity index (χ2n) is 4.73. The van der Waals surface area contributed by atoms with Gasteiger partial charge in [-0.05, 0) is 6.92 Å². The van der Waals surface area contributed by atoms with E-state index >= 15 is 0 Å². The monoisotopic (exact) mass is 294 g/mol. The lowest BCUT2D eigenvalue weighted by atomic mass is 10.2. The Kier molecular flexibility index (Phi) is 4.29. The van der Waals surface area contributed by atoms with Crippen LogP contribution in [-0.2, 0) is 6.42 Å². The summed E-state index contributed by atoms with van der Waals surface area (Å²) in [5, 5.41) is 0.815. The Morgan fingerprint density at radius 2 is 2.11 bits per heavy atom. The van der Waals surface area contributed by atoms with E-state index < -0.39 is 12.7 Å². The molecule has 0 radical (unpaired) electrons. The van der Waals surface area contributed by atoms with Crippen LogP contribution in [-0.4, -0.2) is 52.7 Å². The average Bonchev–Trinajstić information content (AvgIpc) is 2.79. The first kappa shape index (κ1) is 14.5. The van der Waals surface area contributed by atoms with Gasteiger partial charge in [0.1, 0.15) is 5.82 Å². The Hall–Kier alpha value is -0.890. The molecule has 2 heterocycles. The van der Waals surface area contributed by atoms with Gasteiger partial charge < -0.3 is 4.90 Å². The van der Waals surface area contributed by atoms with Crippen molar-refractivity contribution in [1.82, 2.24) is 14.3 Å². The highest BCUT2D eigenvalue weighted by molar-refractivity contribution is 7.09. The van der Waals surface area contributed by atoms with Crippen LogP contribution < -0.4 is 4.90 Å². The standard InChI is InChI=1S/C11H17F3N4S/c1-3-9-15-10(19-16-9)17-4-5-18(8(2)6-17)7-11(12,13)14/h8H,3-7H2,1-2H3. The van der Waals surface area contributed by atoms with Crippen LogP contribution in [0.5, 0.6) is 0 Å². The van der Waals surface area contributed by atoms with Gasteiger partial charge in [0.05, 0.1) is 6.54 Å². The van der Waals surface area contributed by atoms with Gasteiger partial charge in [0, 0.05) is 43.6 Å². The highest BCUT2D eigenvalue weighted by atomic mass is 32.1. The third-order valence-electron chi connectivity index (χ3n) is 3.19. The van der Waals surface area contributed by atoms with Gasteiger partial charge in [0.2, 0.25) is 5.13 Å². The van der Waals surface area contributed by atoms with Crippen molar-refractivity contribution in [3.05, 3.63) is 5.82 Å². The first-order valence-corrected chi connectivity index (χ1v) is 7.04. The number of hydrogen-bond donors (Lipinski definition) is 0. The zero-order valence-electron chi connectivity index (χ0n) is 10.9. The molecular formula is C11H17F3N4S. The lowest BCUT2D eigenvalue weighted by Gasteiger charge is -2.39. The molecule has 108 valence electrons. The van der Waals surface area contributed by atoms with Crippen LogP contribution in [0.3, 0.4) is 0 Å². The fraction of sp³-hybridized carbons (Fsp3) is 0.818. The van der Waals surface area contributed by atoms with Crippen molar-refractivity contribution in [3.8, 4) is 0 Å². The minimum Gasteiger partial charge on any atom is -0.344 e. The molecule has 19 heavy (non-hydrogen) atoms. The van der Waals surface area contributed by atoms with E-state index in [0.717, 1.165) is 17.4 Å². The molecule has 0 spiro atoms. The minimum atomic E-state index is -4.13. The zero-order chi connectivity index (χ0) is 14.0. The van der Waals surface area contributed by atoms with Crippen LogP contribution in [0.2, 0.25) is 0 Å². The van der Waals surface area contributed by atoms with Crippen LogP contribution in [0.4, 0.5) is 18.3 Å². The van der Waals surface area contributed by atoms with Gasteiger partial charge >= 0.3 is 6.18 Å². The Labute approximate surface area is 114 Å². The van der Waals surface area contributed by atoms with Gasteiger partial charge in [0.15, 0.2) is 0 Å². The number of nitrogens with zero attached hydrogens (tertiary/aromatic N) is 4. The number of aromatic nitrogens is 2. The predicted octanol–water partition coefficient (Wildman–Crippen LogP) is 2.17. The highest BCUT2D eigenvalue weighted by Crippen LogP contribution is 2.24. The molecule has 1 fully saturated rings. The summed E-state index contributed by atoms with van der Waals surface area (Å²) in [5.74, 6) is 0.797. The van der Waals surface area contributed by atoms with E-state index in [2.05, 4.69) is 9.36 Å². The molecular weight excluding hydrogens is 277 g/mol. The smallest absolute Gasteiger partial charge is 0.344 e. The van der Waals surface area contributed by atoms with E-state index in [1.54, 1.807) is 0 Å². The van der Waals surface area contributed by atoms with Crippen LogP contribution in [0.25, 0.3) is 0 Å². The average molecular weight is 294 g/mol. The molecule has 0 saturated carbocycles. The van der Waals surface area contributed by atoms with Gasteiger partial charge in [-0.3, -0.25) is 4.90 Å². The molecule has 1 aromatic heterocycles. The van der Waals surface area contributed by atoms with Crippen molar-refractivity contribution < 1.29 is 13.2 Å². The molecule has 1 unspecified atom stereocenters. The first-order valence-electron chi connectivity index (χ1n) is 6.27. The lowest BCUT2D eigenvalue weighted by molar-refractivity contribution is -0.150. The Morgan fingerprint density at radius 1 is 1.37 bits per heavy atom. The van der Waals surface area contributed by atoms with E-state index in [1.165, 1.54) is 16.4 Å². The number of aryl methyl sites for hydroxylation is 1. The summed E-state index contributed by atoms with van der Waals surface area (Å²) in [4.78, 5) is 7.87. The summed E-state index contributed by atoms with van der Waals surface area (Å²) in [6.07, 6.45) is -3.35. The minimum absolute atomic E-state index is 0.135. The molecule has 0 aliphatic carbocycles. The topological polar surface area (TPSA) is 32.3 Å². The summed E-state index contributed by atoms with van der Waals surface area (Å²) in [5.41, 5.74) is 0. The summed E-state index contributed by atoms with van der Waals surface area (Å²) >= 11 is 1.32. The number of hydrogen-bond acceptors (Lipinski definition) is 5. The van der Waals surface area contributed by atoms with E-state index in [4.69, 9.17) is 0 Å². The lowest BCUT2D eigenvalue weighted by Crippen LogP contribution is -2.54. The second kappa shape index (κ2) is 5.62. The highest BCUT2D eigenvalue weighted by Gasteiger charge is 2.35. The Bertz CT molecular complexity index is 420. The fourth-order valence-corrected chi connectivity index (χ4v) is 2.94. The summed E-state index contributed by atoms with van der Waals surface area (Å²) in [7, 11) is 0. The molecule has 1 saturated heterocycles. The van der Waals surface area contributed by atoms with Crippen molar-refractivity contribution in [3.63, 3.8) is 0 Å². The van der Waals surface area contributed by atoms with Gasteiger partial charge in [-0.2, -0.15) is 17.5 Å². The van der Waals surface area contributed by atoms with E-state index in [1.807, 2.05) is 18.7 Å². The van der Waals surface area contributed by atoms with Gasteiger partial charge in [0.25, 0.3) is 0 Å². The Balaban J connectivity index is 1.96. The maximum atomic E-state index is 12.4. The third kappa shape index (κ3) is 3.79. The van der Waals surface area contributed by atoms with Crippen molar-refractivity contribution in [2.75, 3.05) is 31.1 Å². The molecule has 0 amide bonds. The SMILES string of the molecule is CCc1nsc(N2CCN(CC(F)(F)F)C(C)C2)n1. The van der Waals surface area contributed by atoms with Crippen molar-refractivity contribution >= 4 is 16.7 Å². The van der Waals surface area contributed by atoms with Crippen molar-refractivity contribution in [2.45, 2.75) is 32.5 Å². The molecule has 2 rings (SSSR count). The predicted molar refractivity (Wildman–Crippen MR) is 68.6 cm³/mol. The van der Waals surface area contributed by atoms with Crippen LogP contribution >= 0.6 is 11.5 Å². The molecule has 0 bridgehead atoms. The van der Waals surface area contributed by atoms with Crippen LogP contribution in [0.15, 0.2) is 0 Å².